The van der Waals surface area contributed by atoms with E-state index in [0.29, 0.717) is 12.0 Å². The highest BCUT2D eigenvalue weighted by atomic mass is 16.6. The van der Waals surface area contributed by atoms with E-state index >= 15 is 0 Å². The van der Waals surface area contributed by atoms with E-state index in [9.17, 15) is 10.1 Å². The van der Waals surface area contributed by atoms with Gasteiger partial charge in [-0.1, -0.05) is 19.1 Å². The molecule has 1 N–H and O–H groups in total. The first-order valence-corrected chi connectivity index (χ1v) is 7.25. The lowest BCUT2D eigenvalue weighted by Gasteiger charge is -2.31. The minimum absolute atomic E-state index is 0.148. The zero-order valence-electron chi connectivity index (χ0n) is 11.9. The molecule has 0 aromatic heterocycles. The van der Waals surface area contributed by atoms with Crippen molar-refractivity contribution in [3.63, 3.8) is 0 Å². The van der Waals surface area contributed by atoms with Gasteiger partial charge in [0.2, 0.25) is 0 Å². The Balaban J connectivity index is 2.01. The molecule has 0 radical (unpaired) electrons. The Kier molecular flexibility index (Phi) is 5.49. The van der Waals surface area contributed by atoms with Crippen LogP contribution in [0.25, 0.3) is 0 Å². The Hall–Kier alpha value is -1.46. The third kappa shape index (κ3) is 4.02. The van der Waals surface area contributed by atoms with E-state index < -0.39 is 0 Å². The molecule has 0 spiro atoms. The van der Waals surface area contributed by atoms with Crippen LogP contribution < -0.4 is 5.32 Å². The first kappa shape index (κ1) is 14.9. The number of hydrogen-bond acceptors (Lipinski definition) is 4. The summed E-state index contributed by atoms with van der Waals surface area (Å²) in [6.07, 6.45) is 3.19. The fraction of sp³-hybridized carbons (Fsp3) is 0.600. The van der Waals surface area contributed by atoms with Gasteiger partial charge >= 0.3 is 0 Å². The van der Waals surface area contributed by atoms with Crippen LogP contribution in [0.2, 0.25) is 0 Å². The summed E-state index contributed by atoms with van der Waals surface area (Å²) in [5.74, 6) is 0.527. The molecule has 2 atom stereocenters. The molecular formula is C15H22N2O3. The van der Waals surface area contributed by atoms with Gasteiger partial charge in [-0.05, 0) is 37.3 Å². The summed E-state index contributed by atoms with van der Waals surface area (Å²) in [7, 11) is 0. The van der Waals surface area contributed by atoms with Crippen molar-refractivity contribution in [2.45, 2.75) is 32.2 Å². The predicted octanol–water partition coefficient (Wildman–Crippen LogP) is 2.54. The van der Waals surface area contributed by atoms with Crippen molar-refractivity contribution >= 4 is 5.69 Å². The standard InChI is InChI=1S/C15H22N2O3/c1-2-16-15(13-4-3-9-20-11-13)10-12-5-7-14(8-6-12)17(18)19/h5-8,13,15-16H,2-4,9-11H2,1H3. The fourth-order valence-electron chi connectivity index (χ4n) is 2.76. The fourth-order valence-corrected chi connectivity index (χ4v) is 2.76. The molecule has 1 heterocycles. The molecule has 1 aliphatic rings. The molecule has 1 aliphatic heterocycles. The number of likely N-dealkylation sites (N-methyl/N-ethyl adjacent to an activating group) is 1. The van der Waals surface area contributed by atoms with Crippen LogP contribution in [0.1, 0.15) is 25.3 Å². The zero-order chi connectivity index (χ0) is 14.4. The molecule has 5 heteroatoms. The monoisotopic (exact) mass is 278 g/mol. The second kappa shape index (κ2) is 7.36. The highest BCUT2D eigenvalue weighted by Crippen LogP contribution is 2.21. The van der Waals surface area contributed by atoms with Crippen LogP contribution in [-0.2, 0) is 11.2 Å². The first-order valence-electron chi connectivity index (χ1n) is 7.25. The molecule has 1 fully saturated rings. The van der Waals surface area contributed by atoms with Crippen LogP contribution in [0, 0.1) is 16.0 Å². The average molecular weight is 278 g/mol. The molecule has 20 heavy (non-hydrogen) atoms. The van der Waals surface area contributed by atoms with E-state index in [1.54, 1.807) is 12.1 Å². The van der Waals surface area contributed by atoms with Gasteiger partial charge < -0.3 is 10.1 Å². The van der Waals surface area contributed by atoms with Gasteiger partial charge in [0.1, 0.15) is 0 Å². The molecule has 2 rings (SSSR count). The smallest absolute Gasteiger partial charge is 0.269 e. The van der Waals surface area contributed by atoms with Crippen molar-refractivity contribution < 1.29 is 9.66 Å². The van der Waals surface area contributed by atoms with E-state index in [-0.39, 0.29) is 10.6 Å². The van der Waals surface area contributed by atoms with Crippen molar-refractivity contribution in [1.29, 1.82) is 0 Å². The molecule has 0 bridgehead atoms. The molecule has 2 unspecified atom stereocenters. The maximum atomic E-state index is 10.7. The molecule has 1 saturated heterocycles. The largest absolute Gasteiger partial charge is 0.381 e. The second-order valence-electron chi connectivity index (χ2n) is 5.27. The summed E-state index contributed by atoms with van der Waals surface area (Å²) in [5, 5.41) is 14.2. The maximum Gasteiger partial charge on any atom is 0.269 e. The third-order valence-electron chi connectivity index (χ3n) is 3.83. The Labute approximate surface area is 119 Å². The van der Waals surface area contributed by atoms with Gasteiger partial charge in [0, 0.05) is 24.8 Å². The number of rotatable bonds is 6. The van der Waals surface area contributed by atoms with E-state index in [1.807, 2.05) is 12.1 Å². The second-order valence-corrected chi connectivity index (χ2v) is 5.27. The van der Waals surface area contributed by atoms with Crippen molar-refractivity contribution in [3.8, 4) is 0 Å². The van der Waals surface area contributed by atoms with E-state index in [0.717, 1.165) is 38.2 Å². The van der Waals surface area contributed by atoms with E-state index in [4.69, 9.17) is 4.74 Å². The maximum absolute atomic E-state index is 10.7. The van der Waals surface area contributed by atoms with Gasteiger partial charge in [-0.15, -0.1) is 0 Å². The first-order chi connectivity index (χ1) is 9.70. The molecule has 1 aromatic carbocycles. The topological polar surface area (TPSA) is 64.4 Å². The van der Waals surface area contributed by atoms with Crippen molar-refractivity contribution in [2.75, 3.05) is 19.8 Å². The lowest BCUT2D eigenvalue weighted by atomic mass is 9.89. The number of nitrogens with zero attached hydrogens (tertiary/aromatic N) is 1. The van der Waals surface area contributed by atoms with Crippen LogP contribution in [0.3, 0.4) is 0 Å². The van der Waals surface area contributed by atoms with Gasteiger partial charge in [-0.3, -0.25) is 10.1 Å². The minimum Gasteiger partial charge on any atom is -0.381 e. The van der Waals surface area contributed by atoms with Crippen LogP contribution >= 0.6 is 0 Å². The Bertz CT molecular complexity index is 427. The molecule has 1 aromatic rings. The van der Waals surface area contributed by atoms with Crippen LogP contribution in [-0.4, -0.2) is 30.7 Å². The molecule has 110 valence electrons. The average Bonchev–Trinajstić information content (AvgIpc) is 2.48. The number of nitro groups is 1. The number of hydrogen-bond donors (Lipinski definition) is 1. The highest BCUT2D eigenvalue weighted by Gasteiger charge is 2.23. The Morgan fingerprint density at radius 3 is 2.75 bits per heavy atom. The van der Waals surface area contributed by atoms with E-state index in [2.05, 4.69) is 12.2 Å². The summed E-state index contributed by atoms with van der Waals surface area (Å²) in [5.41, 5.74) is 1.28. The van der Waals surface area contributed by atoms with Crippen molar-refractivity contribution in [1.82, 2.24) is 5.32 Å². The lowest BCUT2D eigenvalue weighted by Crippen LogP contribution is -2.41. The number of nitrogens with one attached hydrogen (secondary N) is 1. The number of non-ortho nitro benzene ring substituents is 1. The van der Waals surface area contributed by atoms with Crippen LogP contribution in [0.4, 0.5) is 5.69 Å². The Morgan fingerprint density at radius 1 is 1.45 bits per heavy atom. The summed E-state index contributed by atoms with van der Waals surface area (Å²) in [6, 6.07) is 7.24. The van der Waals surface area contributed by atoms with Gasteiger partial charge in [-0.2, -0.15) is 0 Å². The highest BCUT2D eigenvalue weighted by molar-refractivity contribution is 5.33. The van der Waals surface area contributed by atoms with Crippen molar-refractivity contribution in [2.24, 2.45) is 5.92 Å². The summed E-state index contributed by atoms with van der Waals surface area (Å²) in [6.45, 7) is 4.71. The third-order valence-corrected chi connectivity index (χ3v) is 3.83. The van der Waals surface area contributed by atoms with Gasteiger partial charge in [0.25, 0.3) is 5.69 Å². The quantitative estimate of drug-likeness (QED) is 0.641. The van der Waals surface area contributed by atoms with Gasteiger partial charge in [0.05, 0.1) is 11.5 Å². The molecule has 0 saturated carbocycles. The van der Waals surface area contributed by atoms with Crippen LogP contribution in [0.15, 0.2) is 24.3 Å². The number of benzene rings is 1. The minimum atomic E-state index is -0.361. The summed E-state index contributed by atoms with van der Waals surface area (Å²) >= 11 is 0. The van der Waals surface area contributed by atoms with Crippen molar-refractivity contribution in [3.05, 3.63) is 39.9 Å². The number of nitro benzene ring substituents is 1. The summed E-state index contributed by atoms with van der Waals surface area (Å²) in [4.78, 5) is 10.3. The molecule has 5 nitrogen and oxygen atoms in total. The summed E-state index contributed by atoms with van der Waals surface area (Å²) < 4.78 is 5.57. The molecule has 0 aliphatic carbocycles. The molecular weight excluding hydrogens is 256 g/mol. The predicted molar refractivity (Wildman–Crippen MR) is 77.8 cm³/mol. The van der Waals surface area contributed by atoms with Gasteiger partial charge in [0.15, 0.2) is 0 Å². The lowest BCUT2D eigenvalue weighted by molar-refractivity contribution is -0.384. The zero-order valence-corrected chi connectivity index (χ0v) is 11.9. The normalized spacial score (nSPS) is 20.6. The number of ether oxygens (including phenoxy) is 1. The van der Waals surface area contributed by atoms with Crippen LogP contribution in [0.5, 0.6) is 0 Å². The van der Waals surface area contributed by atoms with Gasteiger partial charge in [-0.25, -0.2) is 0 Å². The SMILES string of the molecule is CCNC(Cc1ccc([N+](=O)[O-])cc1)C1CCCOC1. The molecule has 0 amide bonds. The van der Waals surface area contributed by atoms with E-state index in [1.165, 1.54) is 6.42 Å². The Morgan fingerprint density at radius 2 is 2.20 bits per heavy atom.